The lowest BCUT2D eigenvalue weighted by molar-refractivity contribution is -0.137. The summed E-state index contributed by atoms with van der Waals surface area (Å²) in [5.74, 6) is -0.285. The standard InChI is InChI=1S/C32H39N3O5/c1-22-27(20-36)17-25(18-30(22)39-3)11-12-26(19-31(37)38)28-13-14-29-32(23(28)2)33-34-35(29)15-7-8-16-40-21-24-9-5-4-6-10-24/h4-6,9-10,13-14,17-18,26,36H,7-8,11-12,15-16,19-21H2,1-3H3,(H,37,38). The number of aliphatic carboxylic acids is 1. The van der Waals surface area contributed by atoms with Crippen LogP contribution in [0.4, 0.5) is 0 Å². The van der Waals surface area contributed by atoms with Gasteiger partial charge in [0.2, 0.25) is 0 Å². The number of carboxylic acid groups (broad SMARTS) is 1. The van der Waals surface area contributed by atoms with E-state index in [9.17, 15) is 15.0 Å². The lowest BCUT2D eigenvalue weighted by Gasteiger charge is -2.19. The Labute approximate surface area is 235 Å². The molecule has 0 radical (unpaired) electrons. The molecule has 4 aromatic rings. The molecule has 0 spiro atoms. The number of methoxy groups -OCH3 is 1. The number of aryl methyl sites for hydroxylation is 3. The number of rotatable bonds is 15. The molecule has 0 aliphatic carbocycles. The van der Waals surface area contributed by atoms with Gasteiger partial charge in [-0.1, -0.05) is 47.7 Å². The number of unbranched alkanes of at least 4 members (excludes halogenated alkanes) is 1. The molecule has 0 bridgehead atoms. The van der Waals surface area contributed by atoms with Crippen LogP contribution in [0.3, 0.4) is 0 Å². The Morgan fingerprint density at radius 2 is 1.82 bits per heavy atom. The van der Waals surface area contributed by atoms with Crippen LogP contribution in [0.25, 0.3) is 11.0 Å². The van der Waals surface area contributed by atoms with Crippen molar-refractivity contribution in [3.05, 3.63) is 88.0 Å². The maximum absolute atomic E-state index is 11.8. The van der Waals surface area contributed by atoms with E-state index in [0.717, 1.165) is 64.0 Å². The van der Waals surface area contributed by atoms with Gasteiger partial charge < -0.3 is 19.7 Å². The molecular weight excluding hydrogens is 506 g/mol. The number of hydrogen-bond acceptors (Lipinski definition) is 6. The fourth-order valence-electron chi connectivity index (χ4n) is 5.27. The van der Waals surface area contributed by atoms with Gasteiger partial charge in [0.25, 0.3) is 0 Å². The Kier molecular flexibility index (Phi) is 10.3. The smallest absolute Gasteiger partial charge is 0.303 e. The van der Waals surface area contributed by atoms with Crippen molar-refractivity contribution >= 4 is 17.0 Å². The van der Waals surface area contributed by atoms with Gasteiger partial charge in [-0.3, -0.25) is 4.79 Å². The number of aliphatic hydroxyl groups is 1. The molecule has 0 fully saturated rings. The van der Waals surface area contributed by atoms with Crippen LogP contribution in [-0.2, 0) is 35.7 Å². The third-order valence-corrected chi connectivity index (χ3v) is 7.56. The molecule has 4 rings (SSSR count). The number of fused-ring (bicyclic) bond motifs is 1. The van der Waals surface area contributed by atoms with Crippen LogP contribution in [0, 0.1) is 13.8 Å². The highest BCUT2D eigenvalue weighted by Crippen LogP contribution is 2.33. The molecule has 2 N–H and O–H groups in total. The SMILES string of the molecule is COc1cc(CCC(CC(=O)O)c2ccc3c(nnn3CCCCOCc3ccccc3)c2C)cc(CO)c1C. The van der Waals surface area contributed by atoms with Crippen LogP contribution >= 0.6 is 0 Å². The first kappa shape index (κ1) is 29.2. The maximum atomic E-state index is 11.8. The third-order valence-electron chi connectivity index (χ3n) is 7.56. The average Bonchev–Trinajstić information content (AvgIpc) is 3.38. The number of aliphatic hydroxyl groups excluding tert-OH is 1. The van der Waals surface area contributed by atoms with Gasteiger partial charge >= 0.3 is 5.97 Å². The zero-order valence-corrected chi connectivity index (χ0v) is 23.6. The Morgan fingerprint density at radius 1 is 1.02 bits per heavy atom. The molecule has 212 valence electrons. The van der Waals surface area contributed by atoms with Crippen molar-refractivity contribution < 1.29 is 24.5 Å². The van der Waals surface area contributed by atoms with Crippen LogP contribution in [0.15, 0.2) is 54.6 Å². The largest absolute Gasteiger partial charge is 0.496 e. The summed E-state index contributed by atoms with van der Waals surface area (Å²) in [4.78, 5) is 11.8. The van der Waals surface area contributed by atoms with E-state index in [-0.39, 0.29) is 18.9 Å². The number of nitrogens with zero attached hydrogens (tertiary/aromatic N) is 3. The molecular formula is C32H39N3O5. The number of carboxylic acids is 1. The lowest BCUT2D eigenvalue weighted by Crippen LogP contribution is -2.10. The van der Waals surface area contributed by atoms with Crippen LogP contribution < -0.4 is 4.74 Å². The van der Waals surface area contributed by atoms with E-state index in [1.54, 1.807) is 7.11 Å². The summed E-state index contributed by atoms with van der Waals surface area (Å²) < 4.78 is 13.2. The Bertz CT molecular complexity index is 1390. The van der Waals surface area contributed by atoms with E-state index in [2.05, 4.69) is 22.4 Å². The Morgan fingerprint density at radius 3 is 2.55 bits per heavy atom. The topological polar surface area (TPSA) is 107 Å². The van der Waals surface area contributed by atoms with Gasteiger partial charge in [0.05, 0.1) is 32.3 Å². The van der Waals surface area contributed by atoms with E-state index in [0.29, 0.717) is 26.1 Å². The second-order valence-electron chi connectivity index (χ2n) is 10.3. The molecule has 8 nitrogen and oxygen atoms in total. The molecule has 1 aromatic heterocycles. The van der Waals surface area contributed by atoms with Crippen LogP contribution in [0.2, 0.25) is 0 Å². The van der Waals surface area contributed by atoms with Gasteiger partial charge in [-0.25, -0.2) is 4.68 Å². The van der Waals surface area contributed by atoms with Gasteiger partial charge in [0.1, 0.15) is 11.3 Å². The van der Waals surface area contributed by atoms with Crippen molar-refractivity contribution in [2.24, 2.45) is 0 Å². The van der Waals surface area contributed by atoms with Crippen molar-refractivity contribution in [1.29, 1.82) is 0 Å². The van der Waals surface area contributed by atoms with E-state index in [1.165, 1.54) is 5.56 Å². The first-order chi connectivity index (χ1) is 19.4. The summed E-state index contributed by atoms with van der Waals surface area (Å²) in [5.41, 5.74) is 7.65. The molecule has 1 atom stereocenters. The summed E-state index contributed by atoms with van der Waals surface area (Å²) in [6.45, 7) is 5.90. The fourth-order valence-corrected chi connectivity index (χ4v) is 5.27. The van der Waals surface area contributed by atoms with E-state index in [1.807, 2.05) is 61.0 Å². The number of benzene rings is 3. The molecule has 3 aromatic carbocycles. The molecule has 1 unspecified atom stereocenters. The predicted octanol–water partition coefficient (Wildman–Crippen LogP) is 5.74. The molecule has 0 saturated heterocycles. The van der Waals surface area contributed by atoms with Crippen molar-refractivity contribution in [3.63, 3.8) is 0 Å². The molecule has 8 heteroatoms. The van der Waals surface area contributed by atoms with E-state index >= 15 is 0 Å². The first-order valence-electron chi connectivity index (χ1n) is 13.8. The number of ether oxygens (including phenoxy) is 2. The predicted molar refractivity (Wildman–Crippen MR) is 155 cm³/mol. The Balaban J connectivity index is 1.41. The Hall–Kier alpha value is -3.75. The lowest BCUT2D eigenvalue weighted by atomic mass is 9.86. The van der Waals surface area contributed by atoms with Gasteiger partial charge in [-0.2, -0.15) is 0 Å². The third kappa shape index (κ3) is 7.25. The van der Waals surface area contributed by atoms with Crippen LogP contribution in [-0.4, -0.2) is 44.9 Å². The summed E-state index contributed by atoms with van der Waals surface area (Å²) in [7, 11) is 1.62. The molecule has 0 aliphatic heterocycles. The molecule has 0 saturated carbocycles. The highest BCUT2D eigenvalue weighted by atomic mass is 16.5. The van der Waals surface area contributed by atoms with Crippen molar-refractivity contribution in [2.75, 3.05) is 13.7 Å². The molecule has 0 aliphatic rings. The summed E-state index contributed by atoms with van der Waals surface area (Å²) in [6, 6.07) is 18.1. The summed E-state index contributed by atoms with van der Waals surface area (Å²) >= 11 is 0. The normalized spacial score (nSPS) is 12.1. The number of hydrogen-bond donors (Lipinski definition) is 2. The van der Waals surface area contributed by atoms with Crippen LogP contribution in [0.5, 0.6) is 5.75 Å². The molecule has 40 heavy (non-hydrogen) atoms. The highest BCUT2D eigenvalue weighted by Gasteiger charge is 2.21. The monoisotopic (exact) mass is 545 g/mol. The van der Waals surface area contributed by atoms with Gasteiger partial charge in [-0.05, 0) is 91.0 Å². The van der Waals surface area contributed by atoms with Gasteiger partial charge in [0.15, 0.2) is 0 Å². The zero-order chi connectivity index (χ0) is 28.5. The number of carbonyl (C=O) groups is 1. The number of aromatic nitrogens is 3. The summed E-state index contributed by atoms with van der Waals surface area (Å²) in [6.07, 6.45) is 3.18. The van der Waals surface area contributed by atoms with Crippen molar-refractivity contribution in [3.8, 4) is 5.75 Å². The minimum Gasteiger partial charge on any atom is -0.496 e. The molecule has 1 heterocycles. The minimum absolute atomic E-state index is 0.0271. The van der Waals surface area contributed by atoms with Crippen molar-refractivity contribution in [1.82, 2.24) is 15.0 Å². The quantitative estimate of drug-likeness (QED) is 0.184. The van der Waals surface area contributed by atoms with Gasteiger partial charge in [-0.15, -0.1) is 5.10 Å². The first-order valence-corrected chi connectivity index (χ1v) is 13.8. The van der Waals surface area contributed by atoms with E-state index in [4.69, 9.17) is 9.47 Å². The van der Waals surface area contributed by atoms with Crippen molar-refractivity contribution in [2.45, 2.75) is 71.6 Å². The minimum atomic E-state index is -0.833. The highest BCUT2D eigenvalue weighted by molar-refractivity contribution is 5.80. The van der Waals surface area contributed by atoms with Crippen LogP contribution in [0.1, 0.15) is 65.0 Å². The zero-order valence-electron chi connectivity index (χ0n) is 23.6. The van der Waals surface area contributed by atoms with Gasteiger partial charge in [0, 0.05) is 13.2 Å². The second kappa shape index (κ2) is 14.1. The van der Waals surface area contributed by atoms with E-state index < -0.39 is 5.97 Å². The average molecular weight is 546 g/mol. The molecule has 0 amide bonds. The maximum Gasteiger partial charge on any atom is 0.303 e. The summed E-state index contributed by atoms with van der Waals surface area (Å²) in [5, 5.41) is 28.3. The fraction of sp³-hybridized carbons (Fsp3) is 0.406. The second-order valence-corrected chi connectivity index (χ2v) is 10.3.